The van der Waals surface area contributed by atoms with Gasteiger partial charge in [0.25, 0.3) is 0 Å². The Bertz CT molecular complexity index is 900. The van der Waals surface area contributed by atoms with Gasteiger partial charge in [0, 0.05) is 29.7 Å². The van der Waals surface area contributed by atoms with Crippen molar-refractivity contribution in [1.29, 1.82) is 0 Å². The van der Waals surface area contributed by atoms with E-state index in [1.54, 1.807) is 13.1 Å². The number of thioether (sulfide) groups is 1. The molecule has 2 aromatic heterocycles. The minimum absolute atomic E-state index is 0.0445. The van der Waals surface area contributed by atoms with Crippen molar-refractivity contribution in [3.05, 3.63) is 41.9 Å². The number of carbonyl (C=O) groups is 1. The van der Waals surface area contributed by atoms with Crippen LogP contribution in [0.25, 0.3) is 10.9 Å². The largest absolute Gasteiger partial charge is 0.451 e. The summed E-state index contributed by atoms with van der Waals surface area (Å²) in [6, 6.07) is 7.34. The molecule has 3 rings (SSSR count). The first kappa shape index (κ1) is 16.6. The number of ketones is 1. The molecule has 2 heterocycles. The molecule has 1 unspecified atom stereocenters. The first-order chi connectivity index (χ1) is 11.3. The topological polar surface area (TPSA) is 63.6 Å². The number of aromatic amines is 1. The molecular formula is C15H13F3N4OS. The van der Waals surface area contributed by atoms with Crippen LogP contribution in [0, 0.1) is 0 Å². The smallest absolute Gasteiger partial charge is 0.360 e. The molecule has 0 bridgehead atoms. The molecule has 0 aliphatic rings. The van der Waals surface area contributed by atoms with E-state index in [9.17, 15) is 18.0 Å². The summed E-state index contributed by atoms with van der Waals surface area (Å²) in [6.07, 6.45) is -2.97. The fraction of sp³-hybridized carbons (Fsp3) is 0.267. The molecule has 9 heteroatoms. The summed E-state index contributed by atoms with van der Waals surface area (Å²) in [6.45, 7) is 1.64. The molecule has 0 saturated carbocycles. The molecule has 126 valence electrons. The molecule has 1 aromatic carbocycles. The highest BCUT2D eigenvalue weighted by molar-refractivity contribution is 8.00. The van der Waals surface area contributed by atoms with Gasteiger partial charge in [-0.1, -0.05) is 30.0 Å². The summed E-state index contributed by atoms with van der Waals surface area (Å²) in [7, 11) is 1.23. The summed E-state index contributed by atoms with van der Waals surface area (Å²) < 4.78 is 39.1. The quantitative estimate of drug-likeness (QED) is 0.573. The van der Waals surface area contributed by atoms with E-state index in [1.165, 1.54) is 7.05 Å². The van der Waals surface area contributed by atoms with E-state index < -0.39 is 17.3 Å². The molecule has 3 aromatic rings. The average Bonchev–Trinajstić information content (AvgIpc) is 3.10. The number of nitrogens with one attached hydrogen (secondary N) is 1. The Morgan fingerprint density at radius 1 is 1.29 bits per heavy atom. The Kier molecular flexibility index (Phi) is 4.12. The molecule has 0 spiro atoms. The maximum Gasteiger partial charge on any atom is 0.451 e. The van der Waals surface area contributed by atoms with Crippen LogP contribution >= 0.6 is 11.8 Å². The third-order valence-corrected chi connectivity index (χ3v) is 4.73. The summed E-state index contributed by atoms with van der Waals surface area (Å²) in [5, 5.41) is 6.93. The Labute approximate surface area is 139 Å². The molecule has 0 fully saturated rings. The highest BCUT2D eigenvalue weighted by Crippen LogP contribution is 2.32. The van der Waals surface area contributed by atoms with E-state index in [1.807, 2.05) is 24.3 Å². The van der Waals surface area contributed by atoms with Crippen molar-refractivity contribution in [3.63, 3.8) is 0 Å². The predicted octanol–water partition coefficient (Wildman–Crippen LogP) is 3.68. The Morgan fingerprint density at radius 3 is 2.67 bits per heavy atom. The number of H-pyrrole nitrogens is 1. The lowest BCUT2D eigenvalue weighted by Gasteiger charge is -2.10. The highest BCUT2D eigenvalue weighted by atomic mass is 32.2. The maximum absolute atomic E-state index is 12.8. The van der Waals surface area contributed by atoms with Crippen molar-refractivity contribution in [3.8, 4) is 0 Å². The number of halogens is 3. The molecule has 0 aliphatic carbocycles. The van der Waals surface area contributed by atoms with Crippen LogP contribution in [0.3, 0.4) is 0 Å². The molecule has 0 amide bonds. The van der Waals surface area contributed by atoms with Gasteiger partial charge < -0.3 is 9.55 Å². The summed E-state index contributed by atoms with van der Waals surface area (Å²) in [4.78, 5) is 15.6. The second kappa shape index (κ2) is 5.97. The van der Waals surface area contributed by atoms with Crippen LogP contribution in [0.1, 0.15) is 23.1 Å². The first-order valence-electron chi connectivity index (χ1n) is 7.02. The number of carbonyl (C=O) groups excluding carboxylic acids is 1. The fourth-order valence-electron chi connectivity index (χ4n) is 2.37. The number of alkyl halides is 3. The van der Waals surface area contributed by atoms with E-state index in [0.717, 1.165) is 27.2 Å². The minimum Gasteiger partial charge on any atom is -0.360 e. The number of aromatic nitrogens is 4. The van der Waals surface area contributed by atoms with Crippen LogP contribution in [-0.2, 0) is 13.2 Å². The van der Waals surface area contributed by atoms with Crippen molar-refractivity contribution in [2.75, 3.05) is 0 Å². The van der Waals surface area contributed by atoms with E-state index >= 15 is 0 Å². The third kappa shape index (κ3) is 2.91. The second-order valence-corrected chi connectivity index (χ2v) is 6.54. The average molecular weight is 354 g/mol. The zero-order chi connectivity index (χ0) is 17.5. The van der Waals surface area contributed by atoms with Gasteiger partial charge in [-0.3, -0.25) is 4.79 Å². The molecule has 24 heavy (non-hydrogen) atoms. The van der Waals surface area contributed by atoms with Gasteiger partial charge in [0.2, 0.25) is 5.82 Å². The van der Waals surface area contributed by atoms with Crippen LogP contribution in [0.2, 0.25) is 0 Å². The Balaban J connectivity index is 1.84. The lowest BCUT2D eigenvalue weighted by Crippen LogP contribution is -2.16. The zero-order valence-electron chi connectivity index (χ0n) is 12.8. The Morgan fingerprint density at radius 2 is 2.00 bits per heavy atom. The fourth-order valence-corrected chi connectivity index (χ4v) is 3.25. The van der Waals surface area contributed by atoms with Gasteiger partial charge in [0.05, 0.1) is 5.25 Å². The molecule has 1 atom stereocenters. The lowest BCUT2D eigenvalue weighted by atomic mass is 10.1. The van der Waals surface area contributed by atoms with Gasteiger partial charge in [-0.25, -0.2) is 0 Å². The lowest BCUT2D eigenvalue weighted by molar-refractivity contribution is -0.147. The standard InChI is InChI=1S/C15H13F3N4OS/c1-8(24-14-21-20-13(22(14)2)15(16,17)18)12(23)10-7-19-11-6-4-3-5-9(10)11/h3-8,19H,1-2H3. The van der Waals surface area contributed by atoms with Gasteiger partial charge in [-0.2, -0.15) is 13.2 Å². The normalized spacial score (nSPS) is 13.4. The molecule has 0 radical (unpaired) electrons. The zero-order valence-corrected chi connectivity index (χ0v) is 13.6. The molecule has 1 N–H and O–H groups in total. The second-order valence-electron chi connectivity index (χ2n) is 5.24. The van der Waals surface area contributed by atoms with Gasteiger partial charge in [-0.05, 0) is 13.0 Å². The number of nitrogens with zero attached hydrogens (tertiary/aromatic N) is 3. The first-order valence-corrected chi connectivity index (χ1v) is 7.90. The predicted molar refractivity (Wildman–Crippen MR) is 84.0 cm³/mol. The van der Waals surface area contributed by atoms with Crippen LogP contribution in [0.15, 0.2) is 35.6 Å². The highest BCUT2D eigenvalue weighted by Gasteiger charge is 2.38. The van der Waals surface area contributed by atoms with Gasteiger partial charge in [-0.15, -0.1) is 10.2 Å². The molecule has 0 saturated heterocycles. The summed E-state index contributed by atoms with van der Waals surface area (Å²) >= 11 is 0.948. The van der Waals surface area contributed by atoms with Crippen LogP contribution in [0.4, 0.5) is 13.2 Å². The monoisotopic (exact) mass is 354 g/mol. The van der Waals surface area contributed by atoms with E-state index in [4.69, 9.17) is 0 Å². The minimum atomic E-state index is -4.58. The van der Waals surface area contributed by atoms with Crippen molar-refractivity contribution < 1.29 is 18.0 Å². The SMILES string of the molecule is CC(Sc1nnc(C(F)(F)F)n1C)C(=O)c1c[nH]c2ccccc12. The number of Topliss-reactive ketones (excluding diaryl/α,β-unsaturated/α-hetero) is 1. The number of para-hydroxylation sites is 1. The summed E-state index contributed by atoms with van der Waals surface area (Å²) in [5.74, 6) is -1.27. The molecular weight excluding hydrogens is 341 g/mol. The number of rotatable bonds is 4. The van der Waals surface area contributed by atoms with E-state index in [0.29, 0.717) is 5.56 Å². The van der Waals surface area contributed by atoms with Crippen LogP contribution in [-0.4, -0.2) is 30.8 Å². The number of fused-ring (bicyclic) bond motifs is 1. The number of benzene rings is 1. The summed E-state index contributed by atoms with van der Waals surface area (Å²) in [5.41, 5.74) is 1.33. The molecule has 0 aliphatic heterocycles. The number of hydrogen-bond donors (Lipinski definition) is 1. The van der Waals surface area contributed by atoms with Crippen molar-refractivity contribution in [2.24, 2.45) is 7.05 Å². The van der Waals surface area contributed by atoms with Crippen molar-refractivity contribution >= 4 is 28.4 Å². The number of hydrogen-bond acceptors (Lipinski definition) is 4. The van der Waals surface area contributed by atoms with Crippen LogP contribution < -0.4 is 0 Å². The van der Waals surface area contributed by atoms with E-state index in [2.05, 4.69) is 15.2 Å². The molecule has 5 nitrogen and oxygen atoms in total. The third-order valence-electron chi connectivity index (χ3n) is 3.59. The van der Waals surface area contributed by atoms with Crippen molar-refractivity contribution in [2.45, 2.75) is 23.5 Å². The van der Waals surface area contributed by atoms with Gasteiger partial charge in [0.1, 0.15) is 0 Å². The van der Waals surface area contributed by atoms with Gasteiger partial charge >= 0.3 is 6.18 Å². The van der Waals surface area contributed by atoms with Gasteiger partial charge in [0.15, 0.2) is 10.9 Å². The van der Waals surface area contributed by atoms with Crippen molar-refractivity contribution in [1.82, 2.24) is 19.7 Å². The maximum atomic E-state index is 12.8. The van der Waals surface area contributed by atoms with E-state index in [-0.39, 0.29) is 10.9 Å². The van der Waals surface area contributed by atoms with Crippen LogP contribution in [0.5, 0.6) is 0 Å². The Hall–Kier alpha value is -2.29.